The average Bonchev–Trinajstić information content (AvgIpc) is 3.20. The molecule has 0 aliphatic carbocycles. The number of methoxy groups -OCH3 is 1. The average molecular weight is 570 g/mol. The first-order valence-electron chi connectivity index (χ1n) is 13.0. The first-order valence-corrected chi connectivity index (χ1v) is 14.2. The second-order valence-electron chi connectivity index (χ2n) is 9.44. The molecule has 1 aromatic heterocycles. The van der Waals surface area contributed by atoms with Crippen molar-refractivity contribution < 1.29 is 13.9 Å². The predicted octanol–water partition coefficient (Wildman–Crippen LogP) is 4.14. The van der Waals surface area contributed by atoms with Gasteiger partial charge >= 0.3 is 0 Å². The number of pyridine rings is 1. The Kier molecular flexibility index (Phi) is 9.43. The van der Waals surface area contributed by atoms with Crippen LogP contribution in [-0.2, 0) is 16.1 Å². The van der Waals surface area contributed by atoms with Gasteiger partial charge in [0.15, 0.2) is 0 Å². The van der Waals surface area contributed by atoms with Crippen molar-refractivity contribution in [3.63, 3.8) is 0 Å². The molecule has 0 saturated carbocycles. The SMILES string of the molecule is CCCn1c(N2CCN(c3ccc(F)cc3)CC2)c(/C=C2\SC(=S)N(CCCOC)C2=O)c(C)c(C#N)c1=O. The van der Waals surface area contributed by atoms with E-state index in [0.717, 1.165) is 5.69 Å². The van der Waals surface area contributed by atoms with Crippen LogP contribution in [0.1, 0.15) is 36.5 Å². The fourth-order valence-corrected chi connectivity index (χ4v) is 6.23. The molecule has 4 rings (SSSR count). The highest BCUT2D eigenvalue weighted by Gasteiger charge is 2.33. The van der Waals surface area contributed by atoms with Crippen LogP contribution in [0.2, 0.25) is 0 Å². The monoisotopic (exact) mass is 569 g/mol. The third-order valence-corrected chi connectivity index (χ3v) is 8.32. The molecule has 0 unspecified atom stereocenters. The van der Waals surface area contributed by atoms with Crippen molar-refractivity contribution >= 4 is 51.8 Å². The van der Waals surface area contributed by atoms with Gasteiger partial charge in [0, 0.05) is 64.2 Å². The second-order valence-corrected chi connectivity index (χ2v) is 11.1. The van der Waals surface area contributed by atoms with Gasteiger partial charge in [-0.25, -0.2) is 4.39 Å². The van der Waals surface area contributed by atoms with Crippen molar-refractivity contribution in [1.29, 1.82) is 5.26 Å². The first-order chi connectivity index (χ1) is 18.8. The normalized spacial score (nSPS) is 16.9. The van der Waals surface area contributed by atoms with Crippen LogP contribution >= 0.6 is 24.0 Å². The van der Waals surface area contributed by atoms with Crippen LogP contribution < -0.4 is 15.4 Å². The minimum Gasteiger partial charge on any atom is -0.385 e. The summed E-state index contributed by atoms with van der Waals surface area (Å²) in [4.78, 5) is 33.1. The number of amides is 1. The Labute approximate surface area is 237 Å². The van der Waals surface area contributed by atoms with E-state index < -0.39 is 0 Å². The van der Waals surface area contributed by atoms with Gasteiger partial charge in [0.2, 0.25) is 0 Å². The molecule has 2 saturated heterocycles. The van der Waals surface area contributed by atoms with E-state index in [9.17, 15) is 19.2 Å². The van der Waals surface area contributed by atoms with Gasteiger partial charge in [0.1, 0.15) is 27.6 Å². The Balaban J connectivity index is 1.74. The molecule has 2 aliphatic heterocycles. The Morgan fingerprint density at radius 3 is 2.41 bits per heavy atom. The van der Waals surface area contributed by atoms with E-state index in [1.807, 2.05) is 6.92 Å². The molecule has 39 heavy (non-hydrogen) atoms. The van der Waals surface area contributed by atoms with Crippen molar-refractivity contribution in [2.24, 2.45) is 0 Å². The number of aromatic nitrogens is 1. The van der Waals surface area contributed by atoms with E-state index in [4.69, 9.17) is 17.0 Å². The van der Waals surface area contributed by atoms with Crippen LogP contribution in [-0.4, -0.2) is 66.1 Å². The fraction of sp³-hybridized carbons (Fsp3) is 0.429. The molecule has 3 heterocycles. The third kappa shape index (κ3) is 6.03. The zero-order valence-electron chi connectivity index (χ0n) is 22.4. The maximum Gasteiger partial charge on any atom is 0.270 e. The highest BCUT2D eigenvalue weighted by Crippen LogP contribution is 2.36. The topological polar surface area (TPSA) is 81.8 Å². The van der Waals surface area contributed by atoms with Gasteiger partial charge in [-0.3, -0.25) is 19.1 Å². The molecular weight excluding hydrogens is 537 g/mol. The minimum absolute atomic E-state index is 0.0824. The maximum atomic E-state index is 13.4. The summed E-state index contributed by atoms with van der Waals surface area (Å²) in [5, 5.41) is 9.87. The number of ether oxygens (including phenoxy) is 1. The zero-order valence-corrected chi connectivity index (χ0v) is 24.0. The summed E-state index contributed by atoms with van der Waals surface area (Å²) in [5.74, 6) is 0.254. The van der Waals surface area contributed by atoms with Crippen LogP contribution in [0.5, 0.6) is 0 Å². The number of hydrogen-bond acceptors (Lipinski definition) is 8. The van der Waals surface area contributed by atoms with Crippen molar-refractivity contribution in [3.8, 4) is 6.07 Å². The number of thioether (sulfide) groups is 1. The number of rotatable bonds is 9. The van der Waals surface area contributed by atoms with Crippen LogP contribution in [0.3, 0.4) is 0 Å². The highest BCUT2D eigenvalue weighted by atomic mass is 32.2. The standard InChI is InChI=1S/C28H32FN5O3S2/c1-4-10-33-25(32-14-12-31(13-15-32)21-8-6-20(29)7-9-21)22(19(2)23(18-30)26(33)35)17-24-27(36)34(28(38)39-24)11-5-16-37-3/h6-9,17H,4-5,10-16H2,1-3H3/b24-17-. The van der Waals surface area contributed by atoms with E-state index in [1.165, 1.54) is 23.9 Å². The molecule has 0 N–H and O–H groups in total. The van der Waals surface area contributed by atoms with Gasteiger partial charge in [-0.1, -0.05) is 30.9 Å². The van der Waals surface area contributed by atoms with Crippen molar-refractivity contribution in [2.75, 3.05) is 56.2 Å². The number of benzene rings is 1. The number of thiocarbonyl (C=S) groups is 1. The van der Waals surface area contributed by atoms with E-state index in [2.05, 4.69) is 15.9 Å². The van der Waals surface area contributed by atoms with Gasteiger partial charge < -0.3 is 14.5 Å². The Hall–Kier alpha value is -3.20. The van der Waals surface area contributed by atoms with E-state index in [1.54, 1.807) is 41.7 Å². The number of hydrogen-bond donors (Lipinski definition) is 0. The lowest BCUT2D eigenvalue weighted by atomic mass is 10.0. The summed E-state index contributed by atoms with van der Waals surface area (Å²) in [6.07, 6.45) is 3.16. The first kappa shape index (κ1) is 28.8. The number of nitriles is 1. The van der Waals surface area contributed by atoms with Gasteiger partial charge in [-0.05, 0) is 55.7 Å². The van der Waals surface area contributed by atoms with Crippen molar-refractivity contribution in [1.82, 2.24) is 9.47 Å². The Bertz CT molecular complexity index is 1380. The number of nitrogens with zero attached hydrogens (tertiary/aromatic N) is 5. The lowest BCUT2D eigenvalue weighted by Gasteiger charge is -2.39. The number of carbonyl (C=O) groups excluding carboxylic acids is 1. The maximum absolute atomic E-state index is 13.4. The summed E-state index contributed by atoms with van der Waals surface area (Å²) < 4.78 is 20.7. The molecule has 2 aliphatic rings. The number of carbonyl (C=O) groups is 1. The van der Waals surface area contributed by atoms with Gasteiger partial charge in [-0.2, -0.15) is 5.26 Å². The van der Waals surface area contributed by atoms with Crippen molar-refractivity contribution in [3.05, 3.63) is 62.0 Å². The van der Waals surface area contributed by atoms with Gasteiger partial charge in [0.05, 0.1) is 4.91 Å². The Morgan fingerprint density at radius 1 is 1.13 bits per heavy atom. The number of halogens is 1. The largest absolute Gasteiger partial charge is 0.385 e. The molecule has 0 bridgehead atoms. The van der Waals surface area contributed by atoms with E-state index in [-0.39, 0.29) is 22.8 Å². The molecule has 11 heteroatoms. The lowest BCUT2D eigenvalue weighted by Crippen LogP contribution is -2.48. The van der Waals surface area contributed by atoms with Crippen LogP contribution in [0.15, 0.2) is 34.0 Å². The number of anilines is 2. The molecule has 2 fully saturated rings. The minimum atomic E-state index is -0.322. The van der Waals surface area contributed by atoms with E-state index >= 15 is 0 Å². The second kappa shape index (κ2) is 12.8. The lowest BCUT2D eigenvalue weighted by molar-refractivity contribution is -0.122. The molecule has 206 valence electrons. The molecule has 1 amide bonds. The number of piperazine rings is 1. The molecule has 1 aromatic carbocycles. The summed E-state index contributed by atoms with van der Waals surface area (Å²) in [6, 6.07) is 8.53. The Morgan fingerprint density at radius 2 is 1.79 bits per heavy atom. The summed E-state index contributed by atoms with van der Waals surface area (Å²) in [5.41, 5.74) is 1.94. The molecule has 0 radical (unpaired) electrons. The fourth-order valence-electron chi connectivity index (χ4n) is 4.94. The molecule has 0 atom stereocenters. The van der Waals surface area contributed by atoms with Gasteiger partial charge in [0.25, 0.3) is 11.5 Å². The summed E-state index contributed by atoms with van der Waals surface area (Å²) in [7, 11) is 1.62. The summed E-state index contributed by atoms with van der Waals surface area (Å²) >= 11 is 6.73. The smallest absolute Gasteiger partial charge is 0.270 e. The van der Waals surface area contributed by atoms with Crippen LogP contribution in [0.4, 0.5) is 15.9 Å². The molecular formula is C28H32FN5O3S2. The summed E-state index contributed by atoms with van der Waals surface area (Å²) in [6.45, 7) is 7.76. The van der Waals surface area contributed by atoms with Crippen LogP contribution in [0.25, 0.3) is 6.08 Å². The molecule has 8 nitrogen and oxygen atoms in total. The highest BCUT2D eigenvalue weighted by molar-refractivity contribution is 8.26. The predicted molar refractivity (Wildman–Crippen MR) is 158 cm³/mol. The molecule has 2 aromatic rings. The quantitative estimate of drug-likeness (QED) is 0.253. The molecule has 0 spiro atoms. The van der Waals surface area contributed by atoms with E-state index in [0.29, 0.717) is 84.9 Å². The van der Waals surface area contributed by atoms with Crippen LogP contribution in [0, 0.1) is 24.1 Å². The van der Waals surface area contributed by atoms with Gasteiger partial charge in [-0.15, -0.1) is 0 Å². The third-order valence-electron chi connectivity index (χ3n) is 6.94. The van der Waals surface area contributed by atoms with Crippen molar-refractivity contribution in [2.45, 2.75) is 33.2 Å². The zero-order chi connectivity index (χ0) is 28.1.